The summed E-state index contributed by atoms with van der Waals surface area (Å²) in [6.07, 6.45) is 4.70. The maximum atomic E-state index is 12.2. The van der Waals surface area contributed by atoms with Crippen molar-refractivity contribution in [3.8, 4) is 0 Å². The van der Waals surface area contributed by atoms with Crippen LogP contribution in [0.1, 0.15) is 19.3 Å². The van der Waals surface area contributed by atoms with Crippen LogP contribution in [0.15, 0.2) is 22.8 Å². The minimum absolute atomic E-state index is 0.168. The number of hydrogen-bond donors (Lipinski definition) is 0. The highest BCUT2D eigenvalue weighted by Gasteiger charge is 2.20. The van der Waals surface area contributed by atoms with Crippen molar-refractivity contribution in [3.63, 3.8) is 0 Å². The van der Waals surface area contributed by atoms with Gasteiger partial charge in [-0.25, -0.2) is 4.98 Å². The predicted octanol–water partition coefficient (Wildman–Crippen LogP) is 3.34. The quantitative estimate of drug-likeness (QED) is 0.853. The maximum absolute atomic E-state index is 12.2. The highest BCUT2D eigenvalue weighted by atomic mass is 79.9. The second kappa shape index (κ2) is 6.57. The SMILES string of the molecule is CN(C(=O)CC1CCSCC1)c1ccc(Br)cn1. The van der Waals surface area contributed by atoms with Crippen LogP contribution in [0.5, 0.6) is 0 Å². The average Bonchev–Trinajstić information content (AvgIpc) is 2.40. The number of aromatic nitrogens is 1. The molecular formula is C13H17BrN2OS. The lowest BCUT2D eigenvalue weighted by atomic mass is 9.98. The number of thioether (sulfide) groups is 1. The van der Waals surface area contributed by atoms with Crippen molar-refractivity contribution in [3.05, 3.63) is 22.8 Å². The fourth-order valence-corrected chi connectivity index (χ4v) is 3.47. The number of pyridine rings is 1. The molecule has 0 bridgehead atoms. The van der Waals surface area contributed by atoms with Crippen molar-refractivity contribution < 1.29 is 4.79 Å². The van der Waals surface area contributed by atoms with Crippen molar-refractivity contribution in [2.45, 2.75) is 19.3 Å². The number of carbonyl (C=O) groups excluding carboxylic acids is 1. The van der Waals surface area contributed by atoms with E-state index in [0.29, 0.717) is 18.2 Å². The summed E-state index contributed by atoms with van der Waals surface area (Å²) in [6, 6.07) is 3.77. The van der Waals surface area contributed by atoms with Gasteiger partial charge in [-0.1, -0.05) is 0 Å². The standard InChI is InChI=1S/C13H17BrN2OS/c1-16(12-3-2-11(14)9-15-12)13(17)8-10-4-6-18-7-5-10/h2-3,9-10H,4-8H2,1H3. The number of rotatable bonds is 3. The Morgan fingerprint density at radius 3 is 2.83 bits per heavy atom. The zero-order valence-electron chi connectivity index (χ0n) is 10.4. The monoisotopic (exact) mass is 328 g/mol. The van der Waals surface area contributed by atoms with Gasteiger partial charge in [0.15, 0.2) is 0 Å². The van der Waals surface area contributed by atoms with E-state index in [4.69, 9.17) is 0 Å². The van der Waals surface area contributed by atoms with Crippen LogP contribution in [0.3, 0.4) is 0 Å². The highest BCUT2D eigenvalue weighted by Crippen LogP contribution is 2.26. The molecule has 1 saturated heterocycles. The van der Waals surface area contributed by atoms with Gasteiger partial charge in [-0.15, -0.1) is 0 Å². The molecule has 0 spiro atoms. The zero-order valence-corrected chi connectivity index (χ0v) is 12.8. The second-order valence-electron chi connectivity index (χ2n) is 4.55. The molecule has 1 aliphatic rings. The third kappa shape index (κ3) is 3.72. The molecule has 1 aliphatic heterocycles. The van der Waals surface area contributed by atoms with Crippen LogP contribution in [-0.2, 0) is 4.79 Å². The van der Waals surface area contributed by atoms with Gasteiger partial charge in [0.25, 0.3) is 0 Å². The van der Waals surface area contributed by atoms with E-state index < -0.39 is 0 Å². The smallest absolute Gasteiger partial charge is 0.228 e. The lowest BCUT2D eigenvalue weighted by Gasteiger charge is -2.23. The molecule has 18 heavy (non-hydrogen) atoms. The first-order valence-corrected chi connectivity index (χ1v) is 8.07. The molecular weight excluding hydrogens is 312 g/mol. The van der Waals surface area contributed by atoms with Crippen LogP contribution in [0.2, 0.25) is 0 Å². The Bertz CT molecular complexity index is 404. The number of halogens is 1. The Balaban J connectivity index is 1.93. The van der Waals surface area contributed by atoms with Gasteiger partial charge in [-0.3, -0.25) is 9.69 Å². The summed E-state index contributed by atoms with van der Waals surface area (Å²) in [5.74, 6) is 3.82. The van der Waals surface area contributed by atoms with Gasteiger partial charge in [-0.05, 0) is 58.3 Å². The summed E-state index contributed by atoms with van der Waals surface area (Å²) < 4.78 is 0.927. The summed E-state index contributed by atoms with van der Waals surface area (Å²) in [5.41, 5.74) is 0. The number of nitrogens with zero attached hydrogens (tertiary/aromatic N) is 2. The molecule has 1 fully saturated rings. The van der Waals surface area contributed by atoms with Gasteiger partial charge in [0.05, 0.1) is 0 Å². The topological polar surface area (TPSA) is 33.2 Å². The van der Waals surface area contributed by atoms with E-state index in [1.165, 1.54) is 11.5 Å². The van der Waals surface area contributed by atoms with E-state index in [2.05, 4.69) is 20.9 Å². The Hall–Kier alpha value is -0.550. The molecule has 0 unspecified atom stereocenters. The Morgan fingerprint density at radius 2 is 2.22 bits per heavy atom. The third-order valence-corrected chi connectivity index (χ3v) is 4.75. The molecule has 1 aromatic heterocycles. The van der Waals surface area contributed by atoms with E-state index in [-0.39, 0.29) is 5.91 Å². The largest absolute Gasteiger partial charge is 0.300 e. The van der Waals surface area contributed by atoms with Crippen molar-refractivity contribution in [1.82, 2.24) is 4.98 Å². The van der Waals surface area contributed by atoms with Gasteiger partial charge < -0.3 is 0 Å². The third-order valence-electron chi connectivity index (χ3n) is 3.23. The Kier molecular flexibility index (Phi) is 5.06. The number of carbonyl (C=O) groups is 1. The van der Waals surface area contributed by atoms with Gasteiger partial charge in [0.2, 0.25) is 5.91 Å². The molecule has 3 nitrogen and oxygen atoms in total. The van der Waals surface area contributed by atoms with Crippen molar-refractivity contribution in [1.29, 1.82) is 0 Å². The summed E-state index contributed by atoms with van der Waals surface area (Å²) in [5, 5.41) is 0. The molecule has 0 N–H and O–H groups in total. The first-order chi connectivity index (χ1) is 8.66. The Labute approximate surface area is 120 Å². The number of amides is 1. The van der Waals surface area contributed by atoms with Crippen LogP contribution in [0, 0.1) is 5.92 Å². The minimum Gasteiger partial charge on any atom is -0.300 e. The van der Waals surface area contributed by atoms with Crippen molar-refractivity contribution in [2.75, 3.05) is 23.5 Å². The number of anilines is 1. The van der Waals surface area contributed by atoms with Crippen LogP contribution in [0.25, 0.3) is 0 Å². The zero-order chi connectivity index (χ0) is 13.0. The van der Waals surface area contributed by atoms with Gasteiger partial charge in [0.1, 0.15) is 5.82 Å². The van der Waals surface area contributed by atoms with Crippen LogP contribution in [-0.4, -0.2) is 29.4 Å². The molecule has 0 radical (unpaired) electrons. The van der Waals surface area contributed by atoms with Crippen molar-refractivity contribution in [2.24, 2.45) is 5.92 Å². The van der Waals surface area contributed by atoms with E-state index >= 15 is 0 Å². The second-order valence-corrected chi connectivity index (χ2v) is 6.69. The molecule has 1 aromatic rings. The lowest BCUT2D eigenvalue weighted by Crippen LogP contribution is -2.29. The molecule has 2 heterocycles. The fourth-order valence-electron chi connectivity index (χ4n) is 2.03. The first-order valence-electron chi connectivity index (χ1n) is 6.12. The van der Waals surface area contributed by atoms with E-state index in [9.17, 15) is 4.79 Å². The molecule has 2 rings (SSSR count). The molecule has 0 aromatic carbocycles. The van der Waals surface area contributed by atoms with Crippen LogP contribution < -0.4 is 4.90 Å². The van der Waals surface area contributed by atoms with E-state index in [1.54, 1.807) is 18.1 Å². The van der Waals surface area contributed by atoms with E-state index in [0.717, 1.165) is 17.3 Å². The highest BCUT2D eigenvalue weighted by molar-refractivity contribution is 9.10. The molecule has 1 amide bonds. The summed E-state index contributed by atoms with van der Waals surface area (Å²) in [4.78, 5) is 18.1. The fraction of sp³-hybridized carbons (Fsp3) is 0.538. The average molecular weight is 329 g/mol. The Morgan fingerprint density at radius 1 is 1.50 bits per heavy atom. The molecule has 0 atom stereocenters. The molecule has 0 saturated carbocycles. The maximum Gasteiger partial charge on any atom is 0.228 e. The number of hydrogen-bond acceptors (Lipinski definition) is 3. The molecule has 5 heteroatoms. The van der Waals surface area contributed by atoms with Crippen LogP contribution in [0.4, 0.5) is 5.82 Å². The van der Waals surface area contributed by atoms with Gasteiger partial charge in [-0.2, -0.15) is 11.8 Å². The van der Waals surface area contributed by atoms with E-state index in [1.807, 2.05) is 23.9 Å². The lowest BCUT2D eigenvalue weighted by molar-refractivity contribution is -0.119. The predicted molar refractivity (Wildman–Crippen MR) is 80.0 cm³/mol. The molecule has 0 aliphatic carbocycles. The van der Waals surface area contributed by atoms with Crippen LogP contribution >= 0.6 is 27.7 Å². The summed E-state index contributed by atoms with van der Waals surface area (Å²) in [6.45, 7) is 0. The minimum atomic E-state index is 0.168. The first kappa shape index (κ1) is 13.9. The van der Waals surface area contributed by atoms with Gasteiger partial charge in [0, 0.05) is 24.1 Å². The van der Waals surface area contributed by atoms with Crippen molar-refractivity contribution >= 4 is 39.4 Å². The van der Waals surface area contributed by atoms with Gasteiger partial charge >= 0.3 is 0 Å². The normalized spacial score (nSPS) is 16.6. The molecule has 98 valence electrons. The summed E-state index contributed by atoms with van der Waals surface area (Å²) >= 11 is 5.33. The summed E-state index contributed by atoms with van der Waals surface area (Å²) in [7, 11) is 1.80.